The summed E-state index contributed by atoms with van der Waals surface area (Å²) in [5.41, 5.74) is 1.05. The van der Waals surface area contributed by atoms with Crippen LogP contribution in [-0.2, 0) is 9.53 Å². The summed E-state index contributed by atoms with van der Waals surface area (Å²) in [5, 5.41) is 3.43. The third-order valence-electron chi connectivity index (χ3n) is 2.68. The Morgan fingerprint density at radius 2 is 1.84 bits per heavy atom. The van der Waals surface area contributed by atoms with Crippen LogP contribution in [0.15, 0.2) is 24.3 Å². The molecule has 0 aromatic heterocycles. The van der Waals surface area contributed by atoms with Crippen LogP contribution in [0.25, 0.3) is 0 Å². The van der Waals surface area contributed by atoms with Crippen molar-refractivity contribution >= 4 is 11.7 Å². The zero-order valence-corrected chi connectivity index (χ0v) is 12.1. The maximum absolute atomic E-state index is 10.9. The first-order chi connectivity index (χ1) is 9.01. The number of esters is 1. The molecule has 0 fully saturated rings. The zero-order valence-electron chi connectivity index (χ0n) is 12.1. The second-order valence-electron chi connectivity index (χ2n) is 5.06. The van der Waals surface area contributed by atoms with Crippen molar-refractivity contribution in [3.63, 3.8) is 0 Å². The zero-order chi connectivity index (χ0) is 14.3. The van der Waals surface area contributed by atoms with Gasteiger partial charge in [-0.25, -0.2) is 4.79 Å². The Labute approximate surface area is 115 Å². The van der Waals surface area contributed by atoms with E-state index in [1.807, 2.05) is 24.3 Å². The van der Waals surface area contributed by atoms with Crippen molar-refractivity contribution in [1.29, 1.82) is 0 Å². The molecule has 19 heavy (non-hydrogen) atoms. The van der Waals surface area contributed by atoms with Crippen LogP contribution >= 0.6 is 0 Å². The number of nitrogens with one attached hydrogen (secondary N) is 1. The van der Waals surface area contributed by atoms with Crippen LogP contribution < -0.4 is 10.1 Å². The van der Waals surface area contributed by atoms with Gasteiger partial charge in [0.25, 0.3) is 0 Å². The second-order valence-corrected chi connectivity index (χ2v) is 5.06. The number of methoxy groups -OCH3 is 1. The molecule has 0 aliphatic carbocycles. The average Bonchev–Trinajstić information content (AvgIpc) is 2.36. The SMILES string of the molecule is COC(=O)COc1ccc(NC(C)CC(C)C)cc1. The highest BCUT2D eigenvalue weighted by molar-refractivity contribution is 5.70. The molecule has 1 N–H and O–H groups in total. The molecule has 0 aliphatic heterocycles. The fraction of sp³-hybridized carbons (Fsp3) is 0.533. The summed E-state index contributed by atoms with van der Waals surface area (Å²) in [6.45, 7) is 6.53. The summed E-state index contributed by atoms with van der Waals surface area (Å²) < 4.78 is 9.79. The van der Waals surface area contributed by atoms with Gasteiger partial charge in [0.2, 0.25) is 0 Å². The lowest BCUT2D eigenvalue weighted by Gasteiger charge is -2.17. The first-order valence-electron chi connectivity index (χ1n) is 6.57. The Morgan fingerprint density at radius 3 is 2.37 bits per heavy atom. The van der Waals surface area contributed by atoms with Crippen molar-refractivity contribution < 1.29 is 14.3 Å². The van der Waals surface area contributed by atoms with Gasteiger partial charge >= 0.3 is 5.97 Å². The van der Waals surface area contributed by atoms with Crippen molar-refractivity contribution in [3.05, 3.63) is 24.3 Å². The van der Waals surface area contributed by atoms with Gasteiger partial charge in [-0.1, -0.05) is 13.8 Å². The van der Waals surface area contributed by atoms with Gasteiger partial charge in [0, 0.05) is 11.7 Å². The lowest BCUT2D eigenvalue weighted by Crippen LogP contribution is -2.17. The van der Waals surface area contributed by atoms with Crippen LogP contribution in [0.3, 0.4) is 0 Å². The van der Waals surface area contributed by atoms with Crippen molar-refractivity contribution in [3.8, 4) is 5.75 Å². The number of anilines is 1. The van der Waals surface area contributed by atoms with Gasteiger partial charge in [0.1, 0.15) is 5.75 Å². The quantitative estimate of drug-likeness (QED) is 0.770. The minimum atomic E-state index is -0.382. The smallest absolute Gasteiger partial charge is 0.343 e. The largest absolute Gasteiger partial charge is 0.482 e. The van der Waals surface area contributed by atoms with E-state index in [9.17, 15) is 4.79 Å². The fourth-order valence-electron chi connectivity index (χ4n) is 1.90. The fourth-order valence-corrected chi connectivity index (χ4v) is 1.90. The van der Waals surface area contributed by atoms with Crippen molar-refractivity contribution in [1.82, 2.24) is 0 Å². The number of carbonyl (C=O) groups is 1. The van der Waals surface area contributed by atoms with E-state index in [0.29, 0.717) is 17.7 Å². The molecule has 1 aromatic carbocycles. The normalized spacial score (nSPS) is 12.1. The molecule has 0 spiro atoms. The van der Waals surface area contributed by atoms with E-state index >= 15 is 0 Å². The van der Waals surface area contributed by atoms with Crippen molar-refractivity contribution in [2.24, 2.45) is 5.92 Å². The third kappa shape index (κ3) is 6.13. The highest BCUT2D eigenvalue weighted by Gasteiger charge is 2.05. The first-order valence-corrected chi connectivity index (χ1v) is 6.57. The summed E-state index contributed by atoms with van der Waals surface area (Å²) in [7, 11) is 1.34. The minimum Gasteiger partial charge on any atom is -0.482 e. The molecule has 1 rings (SSSR count). The number of carbonyl (C=O) groups excluding carboxylic acids is 1. The van der Waals surface area contributed by atoms with Gasteiger partial charge in [-0.2, -0.15) is 0 Å². The van der Waals surface area contributed by atoms with Crippen LogP contribution in [0.2, 0.25) is 0 Å². The van der Waals surface area contributed by atoms with E-state index in [1.165, 1.54) is 7.11 Å². The molecular weight excluding hydrogens is 242 g/mol. The van der Waals surface area contributed by atoms with Crippen LogP contribution in [0, 0.1) is 5.92 Å². The number of ether oxygens (including phenoxy) is 2. The number of benzene rings is 1. The summed E-state index contributed by atoms with van der Waals surface area (Å²) in [5.74, 6) is 0.949. The number of hydrogen-bond acceptors (Lipinski definition) is 4. The van der Waals surface area contributed by atoms with E-state index in [0.717, 1.165) is 12.1 Å². The minimum absolute atomic E-state index is 0.0625. The van der Waals surface area contributed by atoms with E-state index in [4.69, 9.17) is 4.74 Å². The first kappa shape index (κ1) is 15.3. The molecule has 0 bridgehead atoms. The van der Waals surface area contributed by atoms with Gasteiger partial charge in [-0.15, -0.1) is 0 Å². The summed E-state index contributed by atoms with van der Waals surface area (Å²) in [6.07, 6.45) is 1.13. The molecule has 0 aliphatic rings. The molecule has 0 heterocycles. The van der Waals surface area contributed by atoms with Gasteiger partial charge in [-0.3, -0.25) is 0 Å². The maximum atomic E-state index is 10.9. The topological polar surface area (TPSA) is 47.6 Å². The standard InChI is InChI=1S/C15H23NO3/c1-11(2)9-12(3)16-13-5-7-14(8-6-13)19-10-15(17)18-4/h5-8,11-12,16H,9-10H2,1-4H3. The van der Waals surface area contributed by atoms with Gasteiger partial charge < -0.3 is 14.8 Å². The van der Waals surface area contributed by atoms with Gasteiger partial charge in [0.15, 0.2) is 6.61 Å². The second kappa shape index (κ2) is 7.67. The lowest BCUT2D eigenvalue weighted by atomic mass is 10.1. The van der Waals surface area contributed by atoms with Gasteiger partial charge in [-0.05, 0) is 43.5 Å². The molecule has 4 heteroatoms. The van der Waals surface area contributed by atoms with E-state index in [-0.39, 0.29) is 12.6 Å². The Bertz CT molecular complexity index is 387. The molecule has 1 atom stereocenters. The molecule has 0 radical (unpaired) electrons. The molecule has 4 nitrogen and oxygen atoms in total. The van der Waals surface area contributed by atoms with Crippen LogP contribution in [0.5, 0.6) is 5.75 Å². The summed E-state index contributed by atoms with van der Waals surface area (Å²) >= 11 is 0. The van der Waals surface area contributed by atoms with E-state index in [1.54, 1.807) is 0 Å². The monoisotopic (exact) mass is 265 g/mol. The Balaban J connectivity index is 2.45. The van der Waals surface area contributed by atoms with E-state index in [2.05, 4.69) is 30.8 Å². The highest BCUT2D eigenvalue weighted by Crippen LogP contribution is 2.18. The lowest BCUT2D eigenvalue weighted by molar-refractivity contribution is -0.142. The van der Waals surface area contributed by atoms with Crippen LogP contribution in [-0.4, -0.2) is 25.7 Å². The van der Waals surface area contributed by atoms with Crippen molar-refractivity contribution in [2.75, 3.05) is 19.0 Å². The van der Waals surface area contributed by atoms with Crippen LogP contribution in [0.1, 0.15) is 27.2 Å². The van der Waals surface area contributed by atoms with Crippen LogP contribution in [0.4, 0.5) is 5.69 Å². The van der Waals surface area contributed by atoms with Crippen molar-refractivity contribution in [2.45, 2.75) is 33.2 Å². The average molecular weight is 265 g/mol. The van der Waals surface area contributed by atoms with Gasteiger partial charge in [0.05, 0.1) is 7.11 Å². The predicted molar refractivity (Wildman–Crippen MR) is 76.5 cm³/mol. The Kier molecular flexibility index (Phi) is 6.19. The molecular formula is C15H23NO3. The molecule has 0 amide bonds. The molecule has 1 unspecified atom stereocenters. The maximum Gasteiger partial charge on any atom is 0.343 e. The summed E-state index contributed by atoms with van der Waals surface area (Å²) in [6, 6.07) is 8.01. The molecule has 1 aromatic rings. The molecule has 0 saturated heterocycles. The Hall–Kier alpha value is -1.71. The molecule has 0 saturated carbocycles. The summed E-state index contributed by atoms with van der Waals surface area (Å²) in [4.78, 5) is 10.9. The number of rotatable bonds is 7. The third-order valence-corrected chi connectivity index (χ3v) is 2.68. The molecule has 106 valence electrons. The van der Waals surface area contributed by atoms with E-state index < -0.39 is 0 Å². The number of hydrogen-bond donors (Lipinski definition) is 1. The highest BCUT2D eigenvalue weighted by atomic mass is 16.6. The predicted octanol–water partition coefficient (Wildman–Crippen LogP) is 3.08. The Morgan fingerprint density at radius 1 is 1.21 bits per heavy atom.